The Balaban J connectivity index is 3.01. The summed E-state index contributed by atoms with van der Waals surface area (Å²) in [5.74, 6) is -0.715. The van der Waals surface area contributed by atoms with Crippen LogP contribution < -0.4 is 4.89 Å². The van der Waals surface area contributed by atoms with Crippen molar-refractivity contribution in [2.45, 2.75) is 11.9 Å². The van der Waals surface area contributed by atoms with Crippen LogP contribution in [0, 0.1) is 0 Å². The largest absolute Gasteiger partial charge is 0.416 e. The minimum atomic E-state index is -4.52. The molecule has 8 heteroatoms. The Bertz CT molecular complexity index is 470. The van der Waals surface area contributed by atoms with E-state index in [9.17, 15) is 21.6 Å². The molecule has 0 unspecified atom stereocenters. The summed E-state index contributed by atoms with van der Waals surface area (Å²) in [6.45, 7) is 0. The fraction of sp³-hybridized carbons (Fsp3) is 0.250. The van der Waals surface area contributed by atoms with Gasteiger partial charge in [0.25, 0.3) is 0 Å². The van der Waals surface area contributed by atoms with Crippen molar-refractivity contribution in [3.63, 3.8) is 0 Å². The predicted molar refractivity (Wildman–Crippen MR) is 49.0 cm³/mol. The summed E-state index contributed by atoms with van der Waals surface area (Å²) >= 11 is 0. The van der Waals surface area contributed by atoms with E-state index in [1.54, 1.807) is 0 Å². The summed E-state index contributed by atoms with van der Waals surface area (Å²) in [4.78, 5) is 1.04. The van der Waals surface area contributed by atoms with E-state index in [1.165, 1.54) is 6.07 Å². The lowest BCUT2D eigenvalue weighted by atomic mass is 10.1. The quantitative estimate of drug-likeness (QED) is 0.804. The number of hydrogen-bond donors (Lipinski definition) is 2. The summed E-state index contributed by atoms with van der Waals surface area (Å²) in [6, 6.07) is 3.88. The lowest BCUT2D eigenvalue weighted by Crippen LogP contribution is -2.21. The Hall–Kier alpha value is -1.12. The van der Waals surface area contributed by atoms with Crippen LogP contribution in [0.1, 0.15) is 11.1 Å². The molecule has 90 valence electrons. The zero-order valence-corrected chi connectivity index (χ0v) is 8.64. The van der Waals surface area contributed by atoms with Gasteiger partial charge in [-0.25, -0.2) is 8.42 Å². The van der Waals surface area contributed by atoms with Crippen LogP contribution in [0.25, 0.3) is 0 Å². The predicted octanol–water partition coefficient (Wildman–Crippen LogP) is 1.51. The average Bonchev–Trinajstić information content (AvgIpc) is 2.16. The zero-order chi connectivity index (χ0) is 12.4. The van der Waals surface area contributed by atoms with Crippen LogP contribution in [0.5, 0.6) is 0 Å². The molecule has 0 aliphatic heterocycles. The standard InChI is InChI=1S/C8H8F3NO3S/c9-8(10,11)7-3-1-2-6(4-7)5-16(14,15)12-13/h1-4,12-13H,5H2. The second-order valence-corrected chi connectivity index (χ2v) is 4.75. The Kier molecular flexibility index (Phi) is 3.56. The molecule has 0 aromatic heterocycles. The minimum Gasteiger partial charge on any atom is -0.302 e. The van der Waals surface area contributed by atoms with Crippen molar-refractivity contribution in [2.24, 2.45) is 0 Å². The highest BCUT2D eigenvalue weighted by atomic mass is 32.2. The van der Waals surface area contributed by atoms with E-state index >= 15 is 0 Å². The molecule has 0 amide bonds. The monoisotopic (exact) mass is 255 g/mol. The van der Waals surface area contributed by atoms with Crippen LogP contribution >= 0.6 is 0 Å². The average molecular weight is 255 g/mol. The number of sulfonamides is 1. The molecule has 0 fully saturated rings. The molecule has 0 aliphatic carbocycles. The second kappa shape index (κ2) is 4.40. The lowest BCUT2D eigenvalue weighted by molar-refractivity contribution is -0.137. The summed E-state index contributed by atoms with van der Waals surface area (Å²) in [5, 5.41) is 8.22. The molecule has 0 aliphatic rings. The van der Waals surface area contributed by atoms with Gasteiger partial charge in [0.05, 0.1) is 11.3 Å². The highest BCUT2D eigenvalue weighted by molar-refractivity contribution is 7.88. The van der Waals surface area contributed by atoms with Crippen LogP contribution in [-0.4, -0.2) is 13.6 Å². The molecule has 0 atom stereocenters. The molecule has 1 aromatic rings. The minimum absolute atomic E-state index is 0.0589. The first-order valence-electron chi connectivity index (χ1n) is 4.04. The fourth-order valence-corrected chi connectivity index (χ4v) is 1.77. The lowest BCUT2D eigenvalue weighted by Gasteiger charge is -2.08. The maximum Gasteiger partial charge on any atom is 0.416 e. The fourth-order valence-electron chi connectivity index (χ4n) is 1.09. The first-order chi connectivity index (χ1) is 7.24. The number of hydrogen-bond acceptors (Lipinski definition) is 3. The first-order valence-corrected chi connectivity index (χ1v) is 5.69. The topological polar surface area (TPSA) is 66.4 Å². The molecule has 0 radical (unpaired) electrons. The molecule has 0 heterocycles. The number of halogens is 3. The third kappa shape index (κ3) is 3.47. The van der Waals surface area contributed by atoms with E-state index < -0.39 is 27.5 Å². The van der Waals surface area contributed by atoms with Gasteiger partial charge < -0.3 is 5.21 Å². The van der Waals surface area contributed by atoms with Crippen molar-refractivity contribution in [3.05, 3.63) is 35.4 Å². The van der Waals surface area contributed by atoms with Gasteiger partial charge in [0.15, 0.2) is 0 Å². The van der Waals surface area contributed by atoms with E-state index in [4.69, 9.17) is 5.21 Å². The van der Waals surface area contributed by atoms with Crippen molar-refractivity contribution in [2.75, 3.05) is 0 Å². The molecule has 0 spiro atoms. The number of rotatable bonds is 3. The molecule has 4 nitrogen and oxygen atoms in total. The molecule has 1 rings (SSSR count). The summed E-state index contributed by atoms with van der Waals surface area (Å²) in [5.41, 5.74) is -0.991. The summed E-state index contributed by atoms with van der Waals surface area (Å²) < 4.78 is 58.6. The van der Waals surface area contributed by atoms with Crippen LogP contribution in [-0.2, 0) is 22.0 Å². The van der Waals surface area contributed by atoms with Crippen LogP contribution in [0.4, 0.5) is 13.2 Å². The van der Waals surface area contributed by atoms with E-state index in [1.807, 2.05) is 0 Å². The highest BCUT2D eigenvalue weighted by Crippen LogP contribution is 2.29. The molecule has 0 bridgehead atoms. The molecular weight excluding hydrogens is 247 g/mol. The van der Waals surface area contributed by atoms with Crippen molar-refractivity contribution < 1.29 is 26.8 Å². The van der Waals surface area contributed by atoms with E-state index in [2.05, 4.69) is 0 Å². The SMILES string of the molecule is O=S(=O)(Cc1cccc(C(F)(F)F)c1)NO. The van der Waals surface area contributed by atoms with Crippen molar-refractivity contribution in [1.29, 1.82) is 0 Å². The molecule has 1 aromatic carbocycles. The molecule has 0 saturated heterocycles. The Morgan fingerprint density at radius 2 is 1.94 bits per heavy atom. The van der Waals surface area contributed by atoms with E-state index in [-0.39, 0.29) is 5.56 Å². The molecular formula is C8H8F3NO3S. The summed E-state index contributed by atoms with van der Waals surface area (Å²) in [7, 11) is -4.00. The van der Waals surface area contributed by atoms with Crippen LogP contribution in [0.2, 0.25) is 0 Å². The Labute approximate surface area is 89.7 Å². The first kappa shape index (κ1) is 12.9. The second-order valence-electron chi connectivity index (χ2n) is 3.05. The van der Waals surface area contributed by atoms with Gasteiger partial charge in [-0.2, -0.15) is 13.2 Å². The van der Waals surface area contributed by atoms with Crippen molar-refractivity contribution in [3.8, 4) is 0 Å². The molecule has 2 N–H and O–H groups in total. The van der Waals surface area contributed by atoms with Crippen LogP contribution in [0.3, 0.4) is 0 Å². The third-order valence-electron chi connectivity index (χ3n) is 1.75. The van der Waals surface area contributed by atoms with E-state index in [0.29, 0.717) is 0 Å². The zero-order valence-electron chi connectivity index (χ0n) is 7.82. The van der Waals surface area contributed by atoms with Crippen LogP contribution in [0.15, 0.2) is 24.3 Å². The number of benzene rings is 1. The maximum absolute atomic E-state index is 12.3. The Morgan fingerprint density at radius 1 is 1.31 bits per heavy atom. The van der Waals surface area contributed by atoms with Gasteiger partial charge in [0.1, 0.15) is 0 Å². The van der Waals surface area contributed by atoms with Gasteiger partial charge in [0, 0.05) is 0 Å². The molecule has 0 saturated carbocycles. The number of alkyl halides is 3. The normalized spacial score (nSPS) is 12.8. The smallest absolute Gasteiger partial charge is 0.302 e. The third-order valence-corrected chi connectivity index (χ3v) is 2.74. The summed E-state index contributed by atoms with van der Waals surface area (Å²) in [6.07, 6.45) is -4.52. The van der Waals surface area contributed by atoms with Gasteiger partial charge in [-0.1, -0.05) is 23.1 Å². The van der Waals surface area contributed by atoms with Gasteiger partial charge in [-0.05, 0) is 11.6 Å². The van der Waals surface area contributed by atoms with E-state index in [0.717, 1.165) is 23.1 Å². The molecule has 16 heavy (non-hydrogen) atoms. The van der Waals surface area contributed by atoms with Crippen molar-refractivity contribution >= 4 is 10.0 Å². The van der Waals surface area contributed by atoms with Crippen molar-refractivity contribution in [1.82, 2.24) is 4.89 Å². The van der Waals surface area contributed by atoms with Gasteiger partial charge in [0.2, 0.25) is 10.0 Å². The Morgan fingerprint density at radius 3 is 2.44 bits per heavy atom. The van der Waals surface area contributed by atoms with Gasteiger partial charge >= 0.3 is 6.18 Å². The number of nitrogens with one attached hydrogen (secondary N) is 1. The maximum atomic E-state index is 12.3. The van der Waals surface area contributed by atoms with Gasteiger partial charge in [-0.3, -0.25) is 0 Å². The van der Waals surface area contributed by atoms with Gasteiger partial charge in [-0.15, -0.1) is 0 Å². The highest BCUT2D eigenvalue weighted by Gasteiger charge is 2.30.